The highest BCUT2D eigenvalue weighted by molar-refractivity contribution is 5.15. The van der Waals surface area contributed by atoms with E-state index in [1.54, 1.807) is 0 Å². The van der Waals surface area contributed by atoms with E-state index in [1.165, 1.54) is 12.8 Å². The fraction of sp³-hybridized carbons (Fsp3) is 1.00. The van der Waals surface area contributed by atoms with E-state index in [-0.39, 0.29) is 11.2 Å². The molecule has 2 atom stereocenters. The molecular weight excluding hydrogens is 176 g/mol. The third-order valence-electron chi connectivity index (χ3n) is 5.55. The van der Waals surface area contributed by atoms with Gasteiger partial charge in [0.15, 0.2) is 5.79 Å². The molecule has 0 N–H and O–H groups in total. The van der Waals surface area contributed by atoms with Crippen molar-refractivity contribution in [2.75, 3.05) is 13.2 Å². The fourth-order valence-electron chi connectivity index (χ4n) is 4.08. The maximum absolute atomic E-state index is 5.95. The summed E-state index contributed by atoms with van der Waals surface area (Å²) >= 11 is 0. The third-order valence-corrected chi connectivity index (χ3v) is 5.55. The average molecular weight is 196 g/mol. The molecule has 2 nitrogen and oxygen atoms in total. The number of hydrogen-bond donors (Lipinski definition) is 0. The van der Waals surface area contributed by atoms with Crippen molar-refractivity contribution in [1.82, 2.24) is 0 Å². The standard InChI is InChI=1S/C12H20O2/c1-10(2)9-4-5-11(10,3)12(8-9)13-6-7-14-12/h9H,4-8H2,1-3H3/t9-,11-/m0/s1. The van der Waals surface area contributed by atoms with Gasteiger partial charge in [0.25, 0.3) is 0 Å². The summed E-state index contributed by atoms with van der Waals surface area (Å²) in [6, 6.07) is 0. The van der Waals surface area contributed by atoms with Gasteiger partial charge in [-0.3, -0.25) is 0 Å². The van der Waals surface area contributed by atoms with Gasteiger partial charge in [-0.15, -0.1) is 0 Å². The molecule has 3 rings (SSSR count). The van der Waals surface area contributed by atoms with Crippen LogP contribution in [0.25, 0.3) is 0 Å². The molecule has 0 amide bonds. The van der Waals surface area contributed by atoms with Crippen LogP contribution in [0.1, 0.15) is 40.0 Å². The monoisotopic (exact) mass is 196 g/mol. The molecule has 2 heteroatoms. The van der Waals surface area contributed by atoms with Gasteiger partial charge in [-0.25, -0.2) is 0 Å². The summed E-state index contributed by atoms with van der Waals surface area (Å²) in [4.78, 5) is 0. The van der Waals surface area contributed by atoms with Crippen molar-refractivity contribution in [2.24, 2.45) is 16.7 Å². The van der Waals surface area contributed by atoms with Crippen molar-refractivity contribution < 1.29 is 9.47 Å². The van der Waals surface area contributed by atoms with E-state index in [2.05, 4.69) is 20.8 Å². The minimum atomic E-state index is -0.223. The Hall–Kier alpha value is -0.0800. The van der Waals surface area contributed by atoms with Crippen LogP contribution in [0, 0.1) is 16.7 Å². The van der Waals surface area contributed by atoms with Gasteiger partial charge in [-0.2, -0.15) is 0 Å². The second kappa shape index (κ2) is 2.35. The maximum atomic E-state index is 5.95. The average Bonchev–Trinajstić information content (AvgIpc) is 2.70. The highest BCUT2D eigenvalue weighted by Crippen LogP contribution is 2.71. The third kappa shape index (κ3) is 0.737. The molecule has 0 aromatic heterocycles. The molecule has 2 aliphatic carbocycles. The van der Waals surface area contributed by atoms with Crippen molar-refractivity contribution in [3.05, 3.63) is 0 Å². The topological polar surface area (TPSA) is 18.5 Å². The van der Waals surface area contributed by atoms with E-state index in [9.17, 15) is 0 Å². The van der Waals surface area contributed by atoms with E-state index >= 15 is 0 Å². The van der Waals surface area contributed by atoms with Gasteiger partial charge in [0, 0.05) is 11.8 Å². The minimum absolute atomic E-state index is 0.223. The van der Waals surface area contributed by atoms with Gasteiger partial charge in [0.2, 0.25) is 0 Å². The smallest absolute Gasteiger partial charge is 0.174 e. The van der Waals surface area contributed by atoms with Crippen LogP contribution in [-0.2, 0) is 9.47 Å². The van der Waals surface area contributed by atoms with Crippen molar-refractivity contribution in [3.63, 3.8) is 0 Å². The lowest BCUT2D eigenvalue weighted by Crippen LogP contribution is -2.48. The first-order chi connectivity index (χ1) is 6.52. The number of rotatable bonds is 0. The molecule has 1 spiro atoms. The Morgan fingerprint density at radius 2 is 1.71 bits per heavy atom. The zero-order valence-electron chi connectivity index (χ0n) is 9.43. The molecule has 2 saturated carbocycles. The van der Waals surface area contributed by atoms with Gasteiger partial charge < -0.3 is 9.47 Å². The molecule has 0 aromatic carbocycles. The second-order valence-corrected chi connectivity index (χ2v) is 5.94. The first-order valence-corrected chi connectivity index (χ1v) is 5.80. The molecule has 3 aliphatic rings. The van der Waals surface area contributed by atoms with E-state index < -0.39 is 0 Å². The Morgan fingerprint density at radius 1 is 1.07 bits per heavy atom. The molecule has 14 heavy (non-hydrogen) atoms. The Morgan fingerprint density at radius 3 is 2.14 bits per heavy atom. The van der Waals surface area contributed by atoms with Crippen LogP contribution in [0.4, 0.5) is 0 Å². The number of fused-ring (bicyclic) bond motifs is 3. The van der Waals surface area contributed by atoms with Crippen LogP contribution in [0.2, 0.25) is 0 Å². The van der Waals surface area contributed by atoms with Crippen LogP contribution in [0.5, 0.6) is 0 Å². The Bertz CT molecular complexity index is 265. The first kappa shape index (κ1) is 9.17. The number of hydrogen-bond acceptors (Lipinski definition) is 2. The normalized spacial score (nSPS) is 47.8. The minimum Gasteiger partial charge on any atom is -0.347 e. The summed E-state index contributed by atoms with van der Waals surface area (Å²) in [6.07, 6.45) is 3.75. The summed E-state index contributed by atoms with van der Waals surface area (Å²) in [5.74, 6) is 0.574. The molecule has 0 aromatic rings. The van der Waals surface area contributed by atoms with E-state index in [1.807, 2.05) is 0 Å². The Balaban J connectivity index is 2.06. The van der Waals surface area contributed by atoms with Crippen LogP contribution >= 0.6 is 0 Å². The quantitative estimate of drug-likeness (QED) is 0.593. The predicted octanol–water partition coefficient (Wildman–Crippen LogP) is 2.58. The lowest BCUT2D eigenvalue weighted by Gasteiger charge is -2.44. The van der Waals surface area contributed by atoms with Gasteiger partial charge in [0.1, 0.15) is 0 Å². The van der Waals surface area contributed by atoms with Crippen molar-refractivity contribution in [3.8, 4) is 0 Å². The summed E-state index contributed by atoms with van der Waals surface area (Å²) in [7, 11) is 0. The largest absolute Gasteiger partial charge is 0.347 e. The Kier molecular flexibility index (Phi) is 1.54. The lowest BCUT2D eigenvalue weighted by atomic mass is 9.68. The molecule has 0 unspecified atom stereocenters. The molecule has 3 fully saturated rings. The maximum Gasteiger partial charge on any atom is 0.174 e. The first-order valence-electron chi connectivity index (χ1n) is 5.80. The molecule has 80 valence electrons. The molecule has 2 bridgehead atoms. The molecule has 1 saturated heterocycles. The van der Waals surface area contributed by atoms with Crippen molar-refractivity contribution in [2.45, 2.75) is 45.8 Å². The lowest BCUT2D eigenvalue weighted by molar-refractivity contribution is -0.236. The zero-order valence-corrected chi connectivity index (χ0v) is 9.43. The highest BCUT2D eigenvalue weighted by Gasteiger charge is 2.71. The highest BCUT2D eigenvalue weighted by atomic mass is 16.7. The second-order valence-electron chi connectivity index (χ2n) is 5.94. The van der Waals surface area contributed by atoms with Gasteiger partial charge in [-0.1, -0.05) is 20.8 Å². The van der Waals surface area contributed by atoms with Crippen molar-refractivity contribution in [1.29, 1.82) is 0 Å². The van der Waals surface area contributed by atoms with Gasteiger partial charge >= 0.3 is 0 Å². The van der Waals surface area contributed by atoms with Crippen molar-refractivity contribution >= 4 is 0 Å². The number of ether oxygens (including phenoxy) is 2. The summed E-state index contributed by atoms with van der Waals surface area (Å²) in [5.41, 5.74) is 0.624. The molecule has 1 aliphatic heterocycles. The SMILES string of the molecule is CC1(C)[C@H]2CC[C@]1(C)C1(C2)OCCO1. The van der Waals surface area contributed by atoms with Crippen LogP contribution in [0.15, 0.2) is 0 Å². The van der Waals surface area contributed by atoms with Gasteiger partial charge in [-0.05, 0) is 24.2 Å². The molecular formula is C12H20O2. The Labute approximate surface area is 86.0 Å². The van der Waals surface area contributed by atoms with E-state index in [4.69, 9.17) is 9.47 Å². The summed E-state index contributed by atoms with van der Waals surface area (Å²) in [6.45, 7) is 8.73. The zero-order chi connectivity index (χ0) is 10.0. The summed E-state index contributed by atoms with van der Waals surface area (Å²) in [5, 5.41) is 0. The van der Waals surface area contributed by atoms with Crippen LogP contribution in [0.3, 0.4) is 0 Å². The fourth-order valence-corrected chi connectivity index (χ4v) is 4.08. The molecule has 1 heterocycles. The summed E-state index contributed by atoms with van der Waals surface area (Å²) < 4.78 is 11.9. The van der Waals surface area contributed by atoms with E-state index in [0.717, 1.165) is 25.6 Å². The van der Waals surface area contributed by atoms with Crippen LogP contribution < -0.4 is 0 Å². The molecule has 0 radical (unpaired) electrons. The van der Waals surface area contributed by atoms with E-state index in [0.29, 0.717) is 5.41 Å². The van der Waals surface area contributed by atoms with Crippen LogP contribution in [-0.4, -0.2) is 19.0 Å². The predicted molar refractivity (Wildman–Crippen MR) is 53.9 cm³/mol. The van der Waals surface area contributed by atoms with Gasteiger partial charge in [0.05, 0.1) is 13.2 Å².